The molecule has 3 aromatic rings. The van der Waals surface area contributed by atoms with Crippen molar-refractivity contribution in [2.75, 3.05) is 5.32 Å². The van der Waals surface area contributed by atoms with E-state index in [1.807, 2.05) is 0 Å². The van der Waals surface area contributed by atoms with Gasteiger partial charge in [-0.05, 0) is 55.3 Å². The number of amides is 1. The minimum Gasteiger partial charge on any atom is -0.321 e. The van der Waals surface area contributed by atoms with E-state index in [-0.39, 0.29) is 16.6 Å². The fraction of sp³-hybridized carbons (Fsp3) is 0.158. The van der Waals surface area contributed by atoms with Crippen molar-refractivity contribution in [3.63, 3.8) is 0 Å². The second-order valence-electron chi connectivity index (χ2n) is 6.50. The van der Waals surface area contributed by atoms with Crippen LogP contribution in [0, 0.1) is 5.82 Å². The lowest BCUT2D eigenvalue weighted by molar-refractivity contribution is 0.102. The molecule has 1 amide bonds. The van der Waals surface area contributed by atoms with Crippen LogP contribution in [0.15, 0.2) is 65.7 Å². The third-order valence-electron chi connectivity index (χ3n) is 4.20. The molecule has 1 aromatic heterocycles. The van der Waals surface area contributed by atoms with Crippen molar-refractivity contribution < 1.29 is 17.6 Å². The van der Waals surface area contributed by atoms with Gasteiger partial charge in [0, 0.05) is 17.9 Å². The SMILES string of the molecule is O=C(Nc1cccc(S(=O)(=O)NC2CC2)c1)c1ccn(-c2cccc(F)c2)n1. The minimum atomic E-state index is -3.61. The van der Waals surface area contributed by atoms with Crippen LogP contribution in [0.5, 0.6) is 0 Å². The largest absolute Gasteiger partial charge is 0.321 e. The van der Waals surface area contributed by atoms with Gasteiger partial charge < -0.3 is 5.32 Å². The first-order valence-corrected chi connectivity index (χ1v) is 10.1. The van der Waals surface area contributed by atoms with E-state index < -0.39 is 21.7 Å². The molecule has 1 aliphatic carbocycles. The van der Waals surface area contributed by atoms with Gasteiger partial charge in [0.05, 0.1) is 10.6 Å². The predicted octanol–water partition coefficient (Wildman–Crippen LogP) is 2.70. The number of aromatic nitrogens is 2. The Morgan fingerprint density at radius 1 is 1.11 bits per heavy atom. The third kappa shape index (κ3) is 4.10. The molecule has 0 bridgehead atoms. The second-order valence-corrected chi connectivity index (χ2v) is 8.22. The van der Waals surface area contributed by atoms with Crippen molar-refractivity contribution in [1.29, 1.82) is 0 Å². The summed E-state index contributed by atoms with van der Waals surface area (Å²) in [5.41, 5.74) is 0.941. The molecular weight excluding hydrogens is 383 g/mol. The van der Waals surface area contributed by atoms with Gasteiger partial charge in [-0.3, -0.25) is 4.79 Å². The summed E-state index contributed by atoms with van der Waals surface area (Å²) < 4.78 is 41.9. The van der Waals surface area contributed by atoms with Crippen LogP contribution in [0.25, 0.3) is 5.69 Å². The molecule has 1 saturated carbocycles. The number of carbonyl (C=O) groups excluding carboxylic acids is 1. The summed E-state index contributed by atoms with van der Waals surface area (Å²) in [4.78, 5) is 12.5. The van der Waals surface area contributed by atoms with Gasteiger partial charge in [0.1, 0.15) is 5.82 Å². The lowest BCUT2D eigenvalue weighted by atomic mass is 10.3. The molecule has 2 aromatic carbocycles. The van der Waals surface area contributed by atoms with Crippen LogP contribution in [0.1, 0.15) is 23.3 Å². The van der Waals surface area contributed by atoms with Crippen molar-refractivity contribution in [3.05, 3.63) is 72.3 Å². The number of rotatable bonds is 6. The molecule has 0 radical (unpaired) electrons. The van der Waals surface area contributed by atoms with Gasteiger partial charge in [-0.2, -0.15) is 5.10 Å². The van der Waals surface area contributed by atoms with Crippen LogP contribution in [0.3, 0.4) is 0 Å². The average molecular weight is 400 g/mol. The maximum Gasteiger partial charge on any atom is 0.276 e. The van der Waals surface area contributed by atoms with E-state index in [1.54, 1.807) is 30.5 Å². The third-order valence-corrected chi connectivity index (χ3v) is 5.71. The number of carbonyl (C=O) groups is 1. The summed E-state index contributed by atoms with van der Waals surface area (Å²) in [5, 5.41) is 6.78. The highest BCUT2D eigenvalue weighted by Crippen LogP contribution is 2.23. The topological polar surface area (TPSA) is 93.1 Å². The van der Waals surface area contributed by atoms with E-state index in [0.29, 0.717) is 11.4 Å². The normalized spacial score (nSPS) is 14.0. The van der Waals surface area contributed by atoms with E-state index in [4.69, 9.17) is 0 Å². The Bertz CT molecular complexity index is 1140. The minimum absolute atomic E-state index is 0.00460. The van der Waals surface area contributed by atoms with Crippen molar-refractivity contribution in [1.82, 2.24) is 14.5 Å². The van der Waals surface area contributed by atoms with Gasteiger partial charge >= 0.3 is 0 Å². The molecule has 0 spiro atoms. The Hall–Kier alpha value is -3.04. The average Bonchev–Trinajstić information content (AvgIpc) is 3.32. The number of benzene rings is 2. The maximum atomic E-state index is 13.3. The Balaban J connectivity index is 1.50. The first-order chi connectivity index (χ1) is 13.4. The molecular formula is C19H17FN4O3S. The number of sulfonamides is 1. The summed E-state index contributed by atoms with van der Waals surface area (Å²) in [5.74, 6) is -0.906. The number of hydrogen-bond donors (Lipinski definition) is 2. The second kappa shape index (κ2) is 7.17. The van der Waals surface area contributed by atoms with Crippen LogP contribution in [0.4, 0.5) is 10.1 Å². The van der Waals surface area contributed by atoms with Crippen LogP contribution in [-0.4, -0.2) is 30.1 Å². The molecule has 1 fully saturated rings. The van der Waals surface area contributed by atoms with Crippen LogP contribution in [0.2, 0.25) is 0 Å². The molecule has 0 unspecified atom stereocenters. The summed E-state index contributed by atoms with van der Waals surface area (Å²) >= 11 is 0. The Labute approximate surface area is 161 Å². The zero-order valence-corrected chi connectivity index (χ0v) is 15.5. The standard InChI is InChI=1S/C19H17FN4O3S/c20-13-3-1-5-16(11-13)24-10-9-18(22-24)19(25)21-15-4-2-6-17(12-15)28(26,27)23-14-7-8-14/h1-6,9-12,14,23H,7-8H2,(H,21,25). The van der Waals surface area contributed by atoms with Crippen molar-refractivity contribution in [2.45, 2.75) is 23.8 Å². The molecule has 1 aliphatic rings. The summed E-state index contributed by atoms with van der Waals surface area (Å²) in [7, 11) is -3.61. The van der Waals surface area contributed by atoms with Crippen LogP contribution >= 0.6 is 0 Å². The number of halogens is 1. The summed E-state index contributed by atoms with van der Waals surface area (Å²) in [6.07, 6.45) is 3.22. The number of nitrogens with one attached hydrogen (secondary N) is 2. The maximum absolute atomic E-state index is 13.3. The van der Waals surface area contributed by atoms with Gasteiger partial charge in [-0.15, -0.1) is 0 Å². The van der Waals surface area contributed by atoms with E-state index in [2.05, 4.69) is 15.1 Å². The Kier molecular flexibility index (Phi) is 4.70. The molecule has 7 nitrogen and oxygen atoms in total. The molecule has 144 valence electrons. The summed E-state index contributed by atoms with van der Waals surface area (Å²) in [6, 6.07) is 13.3. The lowest BCUT2D eigenvalue weighted by Crippen LogP contribution is -2.25. The molecule has 0 atom stereocenters. The summed E-state index contributed by atoms with van der Waals surface area (Å²) in [6.45, 7) is 0. The molecule has 2 N–H and O–H groups in total. The number of nitrogens with zero attached hydrogens (tertiary/aromatic N) is 2. The zero-order chi connectivity index (χ0) is 19.7. The fourth-order valence-electron chi connectivity index (χ4n) is 2.63. The van der Waals surface area contributed by atoms with Crippen LogP contribution in [-0.2, 0) is 10.0 Å². The smallest absolute Gasteiger partial charge is 0.276 e. The molecule has 4 rings (SSSR count). The number of hydrogen-bond acceptors (Lipinski definition) is 4. The molecule has 1 heterocycles. The van der Waals surface area contributed by atoms with Crippen molar-refractivity contribution in [3.8, 4) is 5.69 Å². The fourth-order valence-corrected chi connectivity index (χ4v) is 3.98. The first-order valence-electron chi connectivity index (χ1n) is 8.66. The van der Waals surface area contributed by atoms with Gasteiger partial charge in [0.25, 0.3) is 5.91 Å². The Morgan fingerprint density at radius 3 is 2.64 bits per heavy atom. The molecule has 28 heavy (non-hydrogen) atoms. The highest BCUT2D eigenvalue weighted by Gasteiger charge is 2.28. The van der Waals surface area contributed by atoms with E-state index in [0.717, 1.165) is 12.8 Å². The van der Waals surface area contributed by atoms with Gasteiger partial charge in [0.15, 0.2) is 5.69 Å². The quantitative estimate of drug-likeness (QED) is 0.665. The predicted molar refractivity (Wildman–Crippen MR) is 101 cm³/mol. The molecule has 9 heteroatoms. The molecule has 0 saturated heterocycles. The monoisotopic (exact) mass is 400 g/mol. The highest BCUT2D eigenvalue weighted by molar-refractivity contribution is 7.89. The van der Waals surface area contributed by atoms with E-state index >= 15 is 0 Å². The number of anilines is 1. The first kappa shape index (κ1) is 18.3. The Morgan fingerprint density at radius 2 is 1.89 bits per heavy atom. The van der Waals surface area contributed by atoms with Gasteiger partial charge in [0.2, 0.25) is 10.0 Å². The van der Waals surface area contributed by atoms with E-state index in [9.17, 15) is 17.6 Å². The van der Waals surface area contributed by atoms with Gasteiger partial charge in [-0.1, -0.05) is 12.1 Å². The lowest BCUT2D eigenvalue weighted by Gasteiger charge is -2.08. The zero-order valence-electron chi connectivity index (χ0n) is 14.7. The van der Waals surface area contributed by atoms with Crippen molar-refractivity contribution in [2.24, 2.45) is 0 Å². The van der Waals surface area contributed by atoms with Crippen LogP contribution < -0.4 is 10.0 Å². The van der Waals surface area contributed by atoms with Gasteiger partial charge in [-0.25, -0.2) is 22.2 Å². The molecule has 0 aliphatic heterocycles. The van der Waals surface area contributed by atoms with Crippen molar-refractivity contribution >= 4 is 21.6 Å². The van der Waals surface area contributed by atoms with E-state index in [1.165, 1.54) is 35.0 Å². The highest BCUT2D eigenvalue weighted by atomic mass is 32.2.